The van der Waals surface area contributed by atoms with E-state index >= 15 is 0 Å². The fourth-order valence-electron chi connectivity index (χ4n) is 13.1. The van der Waals surface area contributed by atoms with Crippen molar-refractivity contribution >= 4 is 81.9 Å². The smallest absolute Gasteiger partial charge is 0.744 e. The van der Waals surface area contributed by atoms with Gasteiger partial charge in [0.2, 0.25) is 0 Å². The number of carbonyl (C=O) groups is 4. The molecule has 17 heteroatoms. The zero-order valence-corrected chi connectivity index (χ0v) is 69.9. The monoisotopic (exact) mass is 1530 g/mol. The van der Waals surface area contributed by atoms with Crippen LogP contribution in [0.5, 0.6) is 0 Å². The Balaban J connectivity index is 0.00000204. The van der Waals surface area contributed by atoms with Crippen LogP contribution in [0.3, 0.4) is 0 Å². The SMILES string of the molecule is C=CCCCCCCCCCCCCCCCCOC(=O)c1ccc(S(=O)(=O)[O-])cc1C(=O)OCCCCCCCCCCCCCCCCC=C.C=CCCCCCCCCCCCCCCCCOC(=O)c1ccc(S(=O)(=O)[O-])cc1C(=O)OCCCCCCCCCCCCCCCCC=C.[Ca+2]. The van der Waals surface area contributed by atoms with Crippen LogP contribution in [0.1, 0.15) is 427 Å². The molecule has 2 aromatic carbocycles. The van der Waals surface area contributed by atoms with Crippen molar-refractivity contribution in [3.05, 3.63) is 109 Å². The maximum Gasteiger partial charge on any atom is 2.00 e. The number of ether oxygens (including phenoxy) is 4. The molecule has 596 valence electrons. The molecule has 0 spiro atoms. The van der Waals surface area contributed by atoms with Crippen LogP contribution in [0, 0.1) is 0 Å². The molecule has 0 N–H and O–H groups in total. The molecule has 2 rings (SSSR count). The molecule has 2 aromatic rings. The van der Waals surface area contributed by atoms with Crippen LogP contribution in [-0.2, 0) is 39.2 Å². The van der Waals surface area contributed by atoms with Gasteiger partial charge in [-0.2, -0.15) is 0 Å². The molecule has 0 aromatic heterocycles. The molecule has 0 atom stereocenters. The molecule has 0 heterocycles. The number of hydrogen-bond acceptors (Lipinski definition) is 14. The minimum atomic E-state index is -4.81. The van der Waals surface area contributed by atoms with Crippen molar-refractivity contribution in [1.29, 1.82) is 0 Å². The minimum absolute atomic E-state index is 0. The van der Waals surface area contributed by atoms with Gasteiger partial charge in [-0.15, -0.1) is 26.3 Å². The van der Waals surface area contributed by atoms with E-state index in [1.807, 2.05) is 24.3 Å². The van der Waals surface area contributed by atoms with Crippen LogP contribution in [0.2, 0.25) is 0 Å². The fraction of sp³-hybridized carbons (Fsp3) is 0.727. The van der Waals surface area contributed by atoms with Crippen molar-refractivity contribution in [2.45, 2.75) is 395 Å². The summed E-state index contributed by atoms with van der Waals surface area (Å²) >= 11 is 0. The summed E-state index contributed by atoms with van der Waals surface area (Å²) in [6.45, 7) is 15.8. The van der Waals surface area contributed by atoms with Crippen molar-refractivity contribution in [2.75, 3.05) is 26.4 Å². The summed E-state index contributed by atoms with van der Waals surface area (Å²) in [4.78, 5) is 50.4. The molecule has 105 heavy (non-hydrogen) atoms. The Morgan fingerprint density at radius 1 is 0.248 bits per heavy atom. The second kappa shape index (κ2) is 73.2. The maximum atomic E-state index is 12.9. The molecule has 0 saturated carbocycles. The van der Waals surface area contributed by atoms with Gasteiger partial charge in [0.1, 0.15) is 20.2 Å². The van der Waals surface area contributed by atoms with E-state index in [2.05, 4.69) is 26.3 Å². The van der Waals surface area contributed by atoms with Gasteiger partial charge >= 0.3 is 61.6 Å². The summed E-state index contributed by atoms with van der Waals surface area (Å²) in [5.41, 5.74) is -0.682. The third kappa shape index (κ3) is 60.8. The van der Waals surface area contributed by atoms with E-state index in [-0.39, 0.29) is 86.4 Å². The van der Waals surface area contributed by atoms with E-state index in [4.69, 9.17) is 18.9 Å². The predicted octanol–water partition coefficient (Wildman–Crippen LogP) is 25.6. The van der Waals surface area contributed by atoms with Crippen LogP contribution < -0.4 is 0 Å². The average Bonchev–Trinajstić information content (AvgIpc) is 0.816. The minimum Gasteiger partial charge on any atom is -0.744 e. The van der Waals surface area contributed by atoms with E-state index in [1.165, 1.54) is 269 Å². The number of unbranched alkanes of at least 4 members (excludes halogenated alkanes) is 56. The van der Waals surface area contributed by atoms with Crippen LogP contribution in [0.15, 0.2) is 96.8 Å². The Labute approximate surface area is 671 Å². The number of esters is 4. The van der Waals surface area contributed by atoms with Crippen molar-refractivity contribution in [3.8, 4) is 0 Å². The fourth-order valence-corrected chi connectivity index (χ4v) is 14.1. The molecule has 0 bridgehead atoms. The molecule has 0 radical (unpaired) electrons. The van der Waals surface area contributed by atoms with Gasteiger partial charge in [-0.3, -0.25) is 0 Å². The Hall–Kier alpha value is -3.64. The first kappa shape index (κ1) is 101. The molecule has 0 aliphatic heterocycles. The van der Waals surface area contributed by atoms with Crippen molar-refractivity contribution in [1.82, 2.24) is 0 Å². The summed E-state index contributed by atoms with van der Waals surface area (Å²) in [6, 6.07) is 6.26. The molecule has 0 unspecified atom stereocenters. The molecule has 0 amide bonds. The van der Waals surface area contributed by atoms with E-state index in [9.17, 15) is 45.1 Å². The first-order valence-corrected chi connectivity index (χ1v) is 44.8. The molecule has 0 aliphatic rings. The standard InChI is InChI=1S/2C44H74O7S.Ca/c2*1-3-5-7-9-11-13-15-17-19-21-23-25-27-29-31-33-37-50-43(45)41-36-35-40(52(47,48)49)39-42(41)44(46)51-38-34-32-30-28-26-24-22-20-18-16-14-12-10-8-6-4-2;/h2*3-4,35-36,39H,1-2,5-34,37-38H2,(H,47,48,49);/q;;+2/p-2. The van der Waals surface area contributed by atoms with Gasteiger partial charge in [0, 0.05) is 0 Å². The van der Waals surface area contributed by atoms with Crippen LogP contribution in [-0.4, -0.2) is 114 Å². The summed E-state index contributed by atoms with van der Waals surface area (Å²) in [7, 11) is -9.63. The van der Waals surface area contributed by atoms with Gasteiger partial charge in [-0.25, -0.2) is 36.0 Å². The summed E-state index contributed by atoms with van der Waals surface area (Å²) in [6.07, 6.45) is 80.0. The van der Waals surface area contributed by atoms with E-state index in [0.29, 0.717) is 25.7 Å². The van der Waals surface area contributed by atoms with Crippen LogP contribution in [0.4, 0.5) is 0 Å². The van der Waals surface area contributed by atoms with Gasteiger partial charge in [0.15, 0.2) is 0 Å². The van der Waals surface area contributed by atoms with Gasteiger partial charge in [0.05, 0.1) is 58.5 Å². The average molecular weight is 1530 g/mol. The number of benzene rings is 2. The summed E-state index contributed by atoms with van der Waals surface area (Å²) < 4.78 is 91.4. The number of allylic oxidation sites excluding steroid dienone is 4. The molecule has 0 aliphatic carbocycles. The summed E-state index contributed by atoms with van der Waals surface area (Å²) in [5.74, 6) is -3.10. The third-order valence-corrected chi connectivity index (χ3v) is 21.2. The van der Waals surface area contributed by atoms with Gasteiger partial charge in [-0.05, 0) is 113 Å². The second-order valence-electron chi connectivity index (χ2n) is 29.0. The van der Waals surface area contributed by atoms with Crippen LogP contribution >= 0.6 is 0 Å². The third-order valence-electron chi connectivity index (χ3n) is 19.6. The quantitative estimate of drug-likeness (QED) is 0.0150. The Morgan fingerprint density at radius 2 is 0.390 bits per heavy atom. The van der Waals surface area contributed by atoms with E-state index in [0.717, 1.165) is 127 Å². The molecule has 14 nitrogen and oxygen atoms in total. The molecule has 0 fully saturated rings. The summed E-state index contributed by atoms with van der Waals surface area (Å²) in [5, 5.41) is 0. The molecule has 0 saturated heterocycles. The van der Waals surface area contributed by atoms with E-state index < -0.39 is 53.9 Å². The van der Waals surface area contributed by atoms with Gasteiger partial charge in [-0.1, -0.05) is 333 Å². The second-order valence-corrected chi connectivity index (χ2v) is 31.7. The van der Waals surface area contributed by atoms with Crippen molar-refractivity contribution in [3.63, 3.8) is 0 Å². The number of carbonyl (C=O) groups excluding carboxylic acids is 4. The maximum absolute atomic E-state index is 12.9. The number of hydrogen-bond donors (Lipinski definition) is 0. The first-order chi connectivity index (χ1) is 50.6. The van der Waals surface area contributed by atoms with Gasteiger partial charge < -0.3 is 28.1 Å². The molecular formula is C88H146CaO14S2. The zero-order valence-electron chi connectivity index (χ0n) is 66.1. The Bertz CT molecular complexity index is 2550. The predicted molar refractivity (Wildman–Crippen MR) is 434 cm³/mol. The number of rotatable bonds is 74. The normalized spacial score (nSPS) is 11.3. The van der Waals surface area contributed by atoms with Crippen molar-refractivity contribution in [2.24, 2.45) is 0 Å². The Kier molecular flexibility index (Phi) is 70.6. The van der Waals surface area contributed by atoms with E-state index in [1.54, 1.807) is 0 Å². The first-order valence-electron chi connectivity index (χ1n) is 41.9. The van der Waals surface area contributed by atoms with Crippen molar-refractivity contribution < 1.29 is 64.1 Å². The van der Waals surface area contributed by atoms with Crippen LogP contribution in [0.25, 0.3) is 0 Å². The topological polar surface area (TPSA) is 220 Å². The van der Waals surface area contributed by atoms with Gasteiger partial charge in [0.25, 0.3) is 0 Å². The largest absolute Gasteiger partial charge is 2.00 e. The molecular weight excluding hydrogens is 1390 g/mol. The Morgan fingerprint density at radius 3 is 0.543 bits per heavy atom. The zero-order chi connectivity index (χ0) is 75.9.